The van der Waals surface area contributed by atoms with Crippen molar-refractivity contribution in [2.24, 2.45) is 0 Å². The number of aromatic nitrogens is 1. The Balaban J connectivity index is 2.37. The number of halogens is 1. The Morgan fingerprint density at radius 1 is 1.11 bits per heavy atom. The molecular weight excluding hydrogens is 363 g/mol. The van der Waals surface area contributed by atoms with Crippen LogP contribution in [0.2, 0.25) is 0 Å². The summed E-state index contributed by atoms with van der Waals surface area (Å²) in [5.41, 5.74) is 1.24. The molecule has 0 atom stereocenters. The molecule has 0 fully saturated rings. The number of aromatic amines is 1. The Morgan fingerprint density at radius 3 is 2.18 bits per heavy atom. The molecule has 1 aromatic carbocycles. The van der Waals surface area contributed by atoms with Crippen molar-refractivity contribution in [3.05, 3.63) is 58.2 Å². The Labute approximate surface area is 163 Å². The molecule has 0 radical (unpaired) electrons. The minimum atomic E-state index is -0.648. The molecule has 1 heterocycles. The number of nitrogens with one attached hydrogen (secondary N) is 1. The lowest BCUT2D eigenvalue weighted by Gasteiger charge is -2.35. The third-order valence-electron chi connectivity index (χ3n) is 4.55. The van der Waals surface area contributed by atoms with Crippen LogP contribution in [0.25, 0.3) is 0 Å². The molecule has 1 amide bonds. The van der Waals surface area contributed by atoms with Gasteiger partial charge in [0.2, 0.25) is 0 Å². The number of amides is 1. The van der Waals surface area contributed by atoms with Gasteiger partial charge in [0.1, 0.15) is 11.5 Å². The molecule has 7 heteroatoms. The van der Waals surface area contributed by atoms with Crippen LogP contribution in [0.1, 0.15) is 63.2 Å². The first-order chi connectivity index (χ1) is 13.0. The first-order valence-electron chi connectivity index (χ1n) is 8.85. The maximum absolute atomic E-state index is 13.2. The summed E-state index contributed by atoms with van der Waals surface area (Å²) in [5, 5.41) is 0. The Hall–Kier alpha value is -2.96. The van der Waals surface area contributed by atoms with Crippen molar-refractivity contribution < 1.29 is 23.5 Å². The van der Waals surface area contributed by atoms with E-state index in [9.17, 15) is 18.8 Å². The lowest BCUT2D eigenvalue weighted by Crippen LogP contribution is -2.48. The third-order valence-corrected chi connectivity index (χ3v) is 4.55. The van der Waals surface area contributed by atoms with Gasteiger partial charge in [-0.2, -0.15) is 0 Å². The number of hydrogen-bond acceptors (Lipinski definition) is 4. The number of ketones is 1. The number of nitrogens with zero attached hydrogens (tertiary/aromatic N) is 1. The monoisotopic (exact) mass is 388 g/mol. The molecule has 0 unspecified atom stereocenters. The average Bonchev–Trinajstić information content (AvgIpc) is 2.92. The Kier molecular flexibility index (Phi) is 6.07. The van der Waals surface area contributed by atoms with Crippen molar-refractivity contribution >= 4 is 17.7 Å². The summed E-state index contributed by atoms with van der Waals surface area (Å²) in [5.74, 6) is -1.68. The number of rotatable bonds is 5. The smallest absolute Gasteiger partial charge is 0.354 e. The molecule has 0 bridgehead atoms. The molecule has 0 spiro atoms. The van der Waals surface area contributed by atoms with E-state index in [0.717, 1.165) is 0 Å². The van der Waals surface area contributed by atoms with Crippen molar-refractivity contribution in [2.45, 2.75) is 40.2 Å². The second-order valence-electron chi connectivity index (χ2n) is 7.61. The molecule has 28 heavy (non-hydrogen) atoms. The van der Waals surface area contributed by atoms with Crippen LogP contribution in [0.4, 0.5) is 4.39 Å². The molecule has 0 aliphatic carbocycles. The van der Waals surface area contributed by atoms with Gasteiger partial charge in [0.25, 0.3) is 5.91 Å². The zero-order valence-corrected chi connectivity index (χ0v) is 17.0. The van der Waals surface area contributed by atoms with Gasteiger partial charge in [-0.3, -0.25) is 9.59 Å². The number of benzene rings is 1. The first kappa shape index (κ1) is 21.3. The summed E-state index contributed by atoms with van der Waals surface area (Å²) >= 11 is 0. The molecule has 1 N–H and O–H groups in total. The van der Waals surface area contributed by atoms with Gasteiger partial charge in [-0.05, 0) is 64.4 Å². The topological polar surface area (TPSA) is 79.5 Å². The van der Waals surface area contributed by atoms with Crippen molar-refractivity contribution in [2.75, 3.05) is 13.7 Å². The van der Waals surface area contributed by atoms with Gasteiger partial charge in [-0.15, -0.1) is 0 Å². The van der Waals surface area contributed by atoms with E-state index in [0.29, 0.717) is 22.4 Å². The zero-order valence-electron chi connectivity index (χ0n) is 17.0. The molecule has 0 saturated carbocycles. The number of carbonyl (C=O) groups is 3. The summed E-state index contributed by atoms with van der Waals surface area (Å²) < 4.78 is 17.9. The van der Waals surface area contributed by atoms with E-state index in [1.54, 1.807) is 13.8 Å². The van der Waals surface area contributed by atoms with E-state index in [4.69, 9.17) is 4.74 Å². The second kappa shape index (κ2) is 7.96. The van der Waals surface area contributed by atoms with Crippen LogP contribution >= 0.6 is 0 Å². The van der Waals surface area contributed by atoms with Gasteiger partial charge in [0.15, 0.2) is 5.78 Å². The van der Waals surface area contributed by atoms with Gasteiger partial charge in [0.05, 0.1) is 13.7 Å². The predicted molar refractivity (Wildman–Crippen MR) is 103 cm³/mol. The molecule has 2 rings (SSSR count). The maximum atomic E-state index is 13.2. The number of ether oxygens (including phenoxy) is 1. The minimum absolute atomic E-state index is 0.181. The minimum Gasteiger partial charge on any atom is -0.464 e. The highest BCUT2D eigenvalue weighted by Gasteiger charge is 2.31. The van der Waals surface area contributed by atoms with E-state index in [2.05, 4.69) is 4.98 Å². The molecule has 0 aliphatic heterocycles. The van der Waals surface area contributed by atoms with Gasteiger partial charge < -0.3 is 14.6 Å². The van der Waals surface area contributed by atoms with E-state index < -0.39 is 17.3 Å². The molecule has 150 valence electrons. The van der Waals surface area contributed by atoms with Crippen LogP contribution in [-0.2, 0) is 4.74 Å². The fraction of sp³-hybridized carbons (Fsp3) is 0.381. The van der Waals surface area contributed by atoms with Gasteiger partial charge in [-0.1, -0.05) is 0 Å². The van der Waals surface area contributed by atoms with Crippen molar-refractivity contribution in [1.29, 1.82) is 0 Å². The lowest BCUT2D eigenvalue weighted by atomic mass is 10.00. The van der Waals surface area contributed by atoms with Crippen LogP contribution < -0.4 is 0 Å². The first-order valence-corrected chi connectivity index (χ1v) is 8.85. The van der Waals surface area contributed by atoms with Gasteiger partial charge in [0, 0.05) is 22.4 Å². The van der Waals surface area contributed by atoms with Crippen LogP contribution in [0.15, 0.2) is 24.3 Å². The van der Waals surface area contributed by atoms with Crippen LogP contribution in [0, 0.1) is 19.7 Å². The van der Waals surface area contributed by atoms with Crippen LogP contribution in [-0.4, -0.2) is 46.7 Å². The second-order valence-corrected chi connectivity index (χ2v) is 7.61. The van der Waals surface area contributed by atoms with E-state index in [-0.39, 0.29) is 23.9 Å². The van der Waals surface area contributed by atoms with Crippen molar-refractivity contribution in [3.63, 3.8) is 0 Å². The maximum Gasteiger partial charge on any atom is 0.354 e. The Morgan fingerprint density at radius 2 is 1.68 bits per heavy atom. The molecule has 0 saturated heterocycles. The fourth-order valence-electron chi connectivity index (χ4n) is 3.06. The highest BCUT2D eigenvalue weighted by molar-refractivity contribution is 6.06. The highest BCUT2D eigenvalue weighted by atomic mass is 19.1. The predicted octanol–water partition coefficient (Wildman–Crippen LogP) is 3.68. The quantitative estimate of drug-likeness (QED) is 0.626. The molecule has 1 aromatic heterocycles. The number of aryl methyl sites for hydroxylation is 1. The standard InChI is InChI=1S/C21H25FN2O4/c1-12-17(13(2)23-18(12)20(27)28-6)16(25)11-24(21(3,4)5)19(26)14-7-9-15(22)10-8-14/h7-10,23H,11H2,1-6H3. The van der Waals surface area contributed by atoms with E-state index in [1.807, 2.05) is 20.8 Å². The number of esters is 1. The normalized spacial score (nSPS) is 11.2. The summed E-state index contributed by atoms with van der Waals surface area (Å²) in [7, 11) is 1.27. The number of carbonyl (C=O) groups excluding carboxylic acids is 3. The lowest BCUT2D eigenvalue weighted by molar-refractivity contribution is 0.0546. The van der Waals surface area contributed by atoms with Crippen LogP contribution in [0.5, 0.6) is 0 Å². The number of hydrogen-bond donors (Lipinski definition) is 1. The number of H-pyrrole nitrogens is 1. The number of methoxy groups -OCH3 is 1. The fourth-order valence-corrected chi connectivity index (χ4v) is 3.06. The largest absolute Gasteiger partial charge is 0.464 e. The summed E-state index contributed by atoms with van der Waals surface area (Å²) in [4.78, 5) is 42.2. The van der Waals surface area contributed by atoms with E-state index >= 15 is 0 Å². The molecule has 0 aliphatic rings. The van der Waals surface area contributed by atoms with Crippen molar-refractivity contribution in [3.8, 4) is 0 Å². The molecular formula is C21H25FN2O4. The van der Waals surface area contributed by atoms with E-state index in [1.165, 1.54) is 36.3 Å². The molecule has 2 aromatic rings. The SMILES string of the molecule is COC(=O)c1[nH]c(C)c(C(=O)CN(C(=O)c2ccc(F)cc2)C(C)(C)C)c1C. The van der Waals surface area contributed by atoms with Gasteiger partial charge >= 0.3 is 5.97 Å². The highest BCUT2D eigenvalue weighted by Crippen LogP contribution is 2.23. The van der Waals surface area contributed by atoms with Crippen LogP contribution in [0.3, 0.4) is 0 Å². The summed E-state index contributed by atoms with van der Waals surface area (Å²) in [6.07, 6.45) is 0. The van der Waals surface area contributed by atoms with Crippen molar-refractivity contribution in [1.82, 2.24) is 9.88 Å². The summed E-state index contributed by atoms with van der Waals surface area (Å²) in [6.45, 7) is 8.62. The van der Waals surface area contributed by atoms with Gasteiger partial charge in [-0.25, -0.2) is 9.18 Å². The number of Topliss-reactive ketones (excluding diaryl/α,β-unsaturated/α-hetero) is 1. The zero-order chi connectivity index (χ0) is 21.2. The average molecular weight is 388 g/mol. The summed E-state index contributed by atoms with van der Waals surface area (Å²) in [6, 6.07) is 5.20. The third kappa shape index (κ3) is 4.30. The molecule has 6 nitrogen and oxygen atoms in total. The Bertz CT molecular complexity index is 908.